The fourth-order valence-electron chi connectivity index (χ4n) is 3.61. The molecule has 0 aromatic heterocycles. The average molecular weight is 395 g/mol. The molecule has 156 valence electrons. The Morgan fingerprint density at radius 3 is 2.34 bits per heavy atom. The summed E-state index contributed by atoms with van der Waals surface area (Å²) in [7, 11) is 3.24. The molecule has 2 aromatic rings. The Labute approximate surface area is 175 Å². The van der Waals surface area contributed by atoms with E-state index in [9.17, 15) is 4.79 Å². The number of hydrogen-bond acceptors (Lipinski definition) is 3. The molecule has 0 heterocycles. The number of ketones is 1. The zero-order valence-corrected chi connectivity index (χ0v) is 18.2. The maximum absolute atomic E-state index is 12.4. The Bertz CT molecular complexity index is 785. The number of methoxy groups -OCH3 is 2. The van der Waals surface area contributed by atoms with Crippen LogP contribution in [-0.4, -0.2) is 20.0 Å². The number of benzene rings is 2. The maximum atomic E-state index is 12.4. The molecule has 0 bridgehead atoms. The van der Waals surface area contributed by atoms with Gasteiger partial charge in [-0.25, -0.2) is 0 Å². The van der Waals surface area contributed by atoms with Crippen molar-refractivity contribution in [3.63, 3.8) is 0 Å². The predicted molar refractivity (Wildman–Crippen MR) is 121 cm³/mol. The molecule has 0 aliphatic carbocycles. The lowest BCUT2D eigenvalue weighted by Crippen LogP contribution is -2.02. The molecule has 1 unspecified atom stereocenters. The van der Waals surface area contributed by atoms with Crippen LogP contribution in [0.2, 0.25) is 0 Å². The van der Waals surface area contributed by atoms with Crippen LogP contribution in [0.4, 0.5) is 0 Å². The Hall–Kier alpha value is -2.55. The van der Waals surface area contributed by atoms with Crippen LogP contribution < -0.4 is 9.47 Å². The molecule has 0 saturated heterocycles. The molecule has 2 aromatic carbocycles. The van der Waals surface area contributed by atoms with Gasteiger partial charge in [0.1, 0.15) is 11.5 Å². The Morgan fingerprint density at radius 1 is 1.00 bits per heavy atom. The summed E-state index contributed by atoms with van der Waals surface area (Å²) in [5.74, 6) is 2.12. The Balaban J connectivity index is 1.92. The molecule has 29 heavy (non-hydrogen) atoms. The second-order valence-electron chi connectivity index (χ2n) is 7.42. The van der Waals surface area contributed by atoms with Crippen molar-refractivity contribution in [1.82, 2.24) is 0 Å². The van der Waals surface area contributed by atoms with Gasteiger partial charge in [0.05, 0.1) is 14.2 Å². The molecule has 0 amide bonds. The second kappa shape index (κ2) is 12.1. The van der Waals surface area contributed by atoms with Crippen molar-refractivity contribution in [1.29, 1.82) is 0 Å². The number of aryl methyl sites for hydroxylation is 1. The molecule has 3 nitrogen and oxygen atoms in total. The van der Waals surface area contributed by atoms with E-state index in [2.05, 4.69) is 38.1 Å². The van der Waals surface area contributed by atoms with Crippen LogP contribution in [0.15, 0.2) is 48.5 Å². The van der Waals surface area contributed by atoms with E-state index in [0.717, 1.165) is 31.2 Å². The van der Waals surface area contributed by atoms with E-state index in [1.165, 1.54) is 17.5 Å². The summed E-state index contributed by atoms with van der Waals surface area (Å²) in [5.41, 5.74) is 3.70. The molecule has 0 aliphatic heterocycles. The fraction of sp³-hybridized carbons (Fsp3) is 0.423. The van der Waals surface area contributed by atoms with Gasteiger partial charge >= 0.3 is 0 Å². The van der Waals surface area contributed by atoms with E-state index in [1.54, 1.807) is 20.3 Å². The minimum absolute atomic E-state index is 0.157. The topological polar surface area (TPSA) is 35.5 Å². The Morgan fingerprint density at radius 2 is 1.72 bits per heavy atom. The molecule has 1 atom stereocenters. The maximum Gasteiger partial charge on any atom is 0.155 e. The first kappa shape index (κ1) is 22.7. The summed E-state index contributed by atoms with van der Waals surface area (Å²) < 4.78 is 10.6. The van der Waals surface area contributed by atoms with Gasteiger partial charge in [-0.05, 0) is 66.5 Å². The minimum atomic E-state index is 0.157. The number of ether oxygens (including phenoxy) is 2. The molecule has 0 spiro atoms. The first-order chi connectivity index (χ1) is 14.1. The third-order valence-electron chi connectivity index (χ3n) is 5.28. The highest BCUT2D eigenvalue weighted by molar-refractivity contribution is 5.93. The van der Waals surface area contributed by atoms with Crippen molar-refractivity contribution in [2.75, 3.05) is 14.2 Å². The first-order valence-corrected chi connectivity index (χ1v) is 10.6. The SMILES string of the molecule is CCCC(CCCC(=O)/C=C/c1cc(OC)cc(OC)c1)c1cccc(CC)c1. The number of carbonyl (C=O) groups excluding carboxylic acids is 1. The van der Waals surface area contributed by atoms with Crippen molar-refractivity contribution < 1.29 is 14.3 Å². The molecule has 2 rings (SSSR count). The van der Waals surface area contributed by atoms with Gasteiger partial charge in [0.25, 0.3) is 0 Å². The first-order valence-electron chi connectivity index (χ1n) is 10.6. The number of rotatable bonds is 12. The van der Waals surface area contributed by atoms with Crippen molar-refractivity contribution in [2.24, 2.45) is 0 Å². The summed E-state index contributed by atoms with van der Waals surface area (Å²) >= 11 is 0. The predicted octanol–water partition coefficient (Wildman–Crippen LogP) is 6.60. The smallest absolute Gasteiger partial charge is 0.155 e. The third-order valence-corrected chi connectivity index (χ3v) is 5.28. The standard InChI is InChI=1S/C26H34O3/c1-5-9-22(23-12-7-10-20(6-2)16-23)11-8-13-24(27)15-14-21-17-25(28-3)19-26(18-21)29-4/h7,10,12,14-19,22H,5-6,8-9,11,13H2,1-4H3/b15-14+. The van der Waals surface area contributed by atoms with Crippen molar-refractivity contribution in [3.8, 4) is 11.5 Å². The third kappa shape index (κ3) is 7.41. The van der Waals surface area contributed by atoms with E-state index in [0.29, 0.717) is 23.8 Å². The lowest BCUT2D eigenvalue weighted by molar-refractivity contribution is -0.114. The van der Waals surface area contributed by atoms with Gasteiger partial charge in [-0.3, -0.25) is 4.79 Å². The van der Waals surface area contributed by atoms with E-state index >= 15 is 0 Å². The summed E-state index contributed by atoms with van der Waals surface area (Å²) in [5, 5.41) is 0. The zero-order chi connectivity index (χ0) is 21.1. The summed E-state index contributed by atoms with van der Waals surface area (Å²) in [6.07, 6.45) is 9.42. The largest absolute Gasteiger partial charge is 0.497 e. The highest BCUT2D eigenvalue weighted by atomic mass is 16.5. The van der Waals surface area contributed by atoms with E-state index in [-0.39, 0.29) is 5.78 Å². The van der Waals surface area contributed by atoms with E-state index in [1.807, 2.05) is 24.3 Å². The van der Waals surface area contributed by atoms with Crippen LogP contribution in [0, 0.1) is 0 Å². The molecule has 0 aliphatic rings. The van der Waals surface area contributed by atoms with Crippen molar-refractivity contribution in [3.05, 3.63) is 65.2 Å². The minimum Gasteiger partial charge on any atom is -0.497 e. The molecule has 0 fully saturated rings. The zero-order valence-electron chi connectivity index (χ0n) is 18.2. The average Bonchev–Trinajstić information content (AvgIpc) is 2.76. The molecular weight excluding hydrogens is 360 g/mol. The van der Waals surface area contributed by atoms with Gasteiger partial charge in [0, 0.05) is 12.5 Å². The number of hydrogen-bond donors (Lipinski definition) is 0. The van der Waals surface area contributed by atoms with Crippen molar-refractivity contribution in [2.45, 2.75) is 58.3 Å². The highest BCUT2D eigenvalue weighted by Gasteiger charge is 2.12. The van der Waals surface area contributed by atoms with Crippen LogP contribution in [-0.2, 0) is 11.2 Å². The number of carbonyl (C=O) groups is 1. The normalized spacial score (nSPS) is 12.1. The summed E-state index contributed by atoms with van der Waals surface area (Å²) in [6.45, 7) is 4.42. The van der Waals surface area contributed by atoms with Crippen LogP contribution in [0.5, 0.6) is 11.5 Å². The molecule has 0 N–H and O–H groups in total. The van der Waals surface area contributed by atoms with Gasteiger partial charge < -0.3 is 9.47 Å². The van der Waals surface area contributed by atoms with Gasteiger partial charge in [0.15, 0.2) is 5.78 Å². The van der Waals surface area contributed by atoms with Crippen LogP contribution >= 0.6 is 0 Å². The summed E-state index contributed by atoms with van der Waals surface area (Å²) in [4.78, 5) is 12.4. The number of allylic oxidation sites excluding steroid dienone is 1. The van der Waals surface area contributed by atoms with Crippen LogP contribution in [0.3, 0.4) is 0 Å². The molecular formula is C26H34O3. The second-order valence-corrected chi connectivity index (χ2v) is 7.42. The quantitative estimate of drug-likeness (QED) is 0.380. The fourth-order valence-corrected chi connectivity index (χ4v) is 3.61. The van der Waals surface area contributed by atoms with E-state index in [4.69, 9.17) is 9.47 Å². The summed E-state index contributed by atoms with van der Waals surface area (Å²) in [6, 6.07) is 14.5. The van der Waals surface area contributed by atoms with Crippen LogP contribution in [0.25, 0.3) is 6.08 Å². The van der Waals surface area contributed by atoms with Gasteiger partial charge in [-0.2, -0.15) is 0 Å². The van der Waals surface area contributed by atoms with E-state index < -0.39 is 0 Å². The molecule has 3 heteroatoms. The molecule has 0 saturated carbocycles. The lowest BCUT2D eigenvalue weighted by Gasteiger charge is -2.17. The lowest BCUT2D eigenvalue weighted by atomic mass is 9.88. The van der Waals surface area contributed by atoms with Crippen LogP contribution in [0.1, 0.15) is 68.6 Å². The monoisotopic (exact) mass is 394 g/mol. The van der Waals surface area contributed by atoms with Gasteiger partial charge in [-0.15, -0.1) is 0 Å². The molecule has 0 radical (unpaired) electrons. The van der Waals surface area contributed by atoms with Gasteiger partial charge in [-0.1, -0.05) is 50.6 Å². The van der Waals surface area contributed by atoms with Crippen molar-refractivity contribution >= 4 is 11.9 Å². The Kier molecular flexibility index (Phi) is 9.49. The highest BCUT2D eigenvalue weighted by Crippen LogP contribution is 2.28. The van der Waals surface area contributed by atoms with Gasteiger partial charge in [0.2, 0.25) is 0 Å².